The molecule has 10 aromatic heterocycles. The third kappa shape index (κ3) is 29.3. The summed E-state index contributed by atoms with van der Waals surface area (Å²) >= 11 is 10.9. The standard InChI is InChI=1S/C17H24N4O3S2.C16H20N2O3S2.C15H20N4O3S.C15H18N2O3S2.C14H15F3N4O3S2/c1-16(2,3)10-8-9(11(25-10)12(22)24-7)18-14(23)19-15-21-20-13(26-15)17(4,5)6;1-9-6-7-12(22-9)18-15(20)17-10-8-11(16(2,3)4)23-13(10)14(19)21-5;1-15(2,3)10-8-9(12(23-10)13(20)22-5)16-14(21)17-11-6-7-19(4)18-11;1-15(2,3)10-8-9(12(22-10)13(18)20-4)16-14(19)17-11-6-5-7-21-11;1-13(2,3)7-5-6(8(25-7)9(22)24-4)18-11(23)19-12-21-20-10(26-12)14(15,16)17/h8H,1-7H3,(H2,18,19,21,23);6-8H,1-5H3,(H2,17,18,20);6-8H,1-5H3,(H2,16,17,18,21);5-8H,1-4H3,(H2,16,17,19);5H,1-4H3,(H2,18,19,21,23). The molecule has 0 aromatic carbocycles. The van der Waals surface area contributed by atoms with E-state index in [0.29, 0.717) is 53.2 Å². The van der Waals surface area contributed by atoms with Crippen molar-refractivity contribution in [3.05, 3.63) is 136 Å². The van der Waals surface area contributed by atoms with Crippen molar-refractivity contribution in [2.24, 2.45) is 7.05 Å². The smallest absolute Gasteiger partial charge is 0.445 e. The third-order valence-electron chi connectivity index (χ3n) is 15.3. The normalized spacial score (nSPS) is 11.5. The summed E-state index contributed by atoms with van der Waals surface area (Å²) < 4.78 is 63.0. The molecule has 0 radical (unpaired) electrons. The number of ether oxygens (including phenoxy) is 5. The first-order chi connectivity index (χ1) is 55.5. The Balaban J connectivity index is 0.000000233. The molecular weight excluding hydrogens is 1730 g/mol. The van der Waals surface area contributed by atoms with Crippen LogP contribution in [0.25, 0.3) is 0 Å². The number of urea groups is 5. The Morgan fingerprint density at radius 1 is 0.350 bits per heavy atom. The molecule has 10 heterocycles. The highest BCUT2D eigenvalue weighted by Gasteiger charge is 2.37. The minimum atomic E-state index is -4.64. The van der Waals surface area contributed by atoms with E-state index in [9.17, 15) is 61.1 Å². The number of aryl methyl sites for hydroxylation is 2. The average molecular weight is 1830 g/mol. The number of halogens is 3. The number of hydrogen-bond donors (Lipinski definition) is 10. The molecule has 10 aromatic rings. The second-order valence-electron chi connectivity index (χ2n) is 31.7. The monoisotopic (exact) mass is 1830 g/mol. The van der Waals surface area contributed by atoms with Crippen LogP contribution < -0.4 is 53.2 Å². The molecule has 0 aliphatic heterocycles. The molecule has 10 amide bonds. The number of hydrogen-bond acceptors (Lipinski definition) is 29. The summed E-state index contributed by atoms with van der Waals surface area (Å²) in [5.74, 6) is -2.06. The van der Waals surface area contributed by atoms with E-state index in [1.807, 2.05) is 126 Å². The van der Waals surface area contributed by atoms with E-state index in [1.54, 1.807) is 48.3 Å². The third-order valence-corrected chi connectivity index (χ3v) is 26.9. The molecule has 0 unspecified atom stereocenters. The lowest BCUT2D eigenvalue weighted by atomic mass is 9.94. The molecular formula is C77H97F3N16O15S9. The van der Waals surface area contributed by atoms with Crippen LogP contribution in [-0.4, -0.2) is 126 Å². The predicted octanol–water partition coefficient (Wildman–Crippen LogP) is 21.6. The first-order valence-corrected chi connectivity index (χ1v) is 43.3. The molecule has 0 fully saturated rings. The fourth-order valence-corrected chi connectivity index (χ4v) is 17.3. The zero-order valence-electron chi connectivity index (χ0n) is 70.5. The molecule has 31 nitrogen and oxygen atoms in total. The van der Waals surface area contributed by atoms with Crippen LogP contribution in [0.4, 0.5) is 91.7 Å². The van der Waals surface area contributed by atoms with Gasteiger partial charge in [0.2, 0.25) is 15.3 Å². The summed E-state index contributed by atoms with van der Waals surface area (Å²) in [4.78, 5) is 128. The van der Waals surface area contributed by atoms with Gasteiger partial charge in [0.15, 0.2) is 5.82 Å². The van der Waals surface area contributed by atoms with E-state index in [-0.39, 0.29) is 71.6 Å². The molecule has 10 rings (SSSR count). The van der Waals surface area contributed by atoms with Crippen molar-refractivity contribution in [3.63, 3.8) is 0 Å². The Kier molecular flexibility index (Phi) is 33.9. The quantitative estimate of drug-likeness (QED) is 0.0337. The predicted molar refractivity (Wildman–Crippen MR) is 475 cm³/mol. The summed E-state index contributed by atoms with van der Waals surface area (Å²) in [5.41, 5.74) is 1.07. The highest BCUT2D eigenvalue weighted by atomic mass is 32.1. The summed E-state index contributed by atoms with van der Waals surface area (Å²) in [6.07, 6.45) is -2.92. The number of carbonyl (C=O) groups excluding carboxylic acids is 10. The van der Waals surface area contributed by atoms with Crippen LogP contribution in [0.1, 0.15) is 212 Å². The van der Waals surface area contributed by atoms with Gasteiger partial charge in [0.1, 0.15) is 29.4 Å². The highest BCUT2D eigenvalue weighted by molar-refractivity contribution is 7.18. The summed E-state index contributed by atoms with van der Waals surface area (Å²) in [7, 11) is 8.26. The van der Waals surface area contributed by atoms with Gasteiger partial charge in [0, 0.05) is 54.0 Å². The maximum absolute atomic E-state index is 12.5. The molecule has 0 atom stereocenters. The molecule has 0 spiro atoms. The van der Waals surface area contributed by atoms with Gasteiger partial charge in [-0.3, -0.25) is 31.3 Å². The Morgan fingerprint density at radius 2 is 0.650 bits per heavy atom. The van der Waals surface area contributed by atoms with Crippen LogP contribution in [0.2, 0.25) is 0 Å². The van der Waals surface area contributed by atoms with Crippen molar-refractivity contribution in [1.82, 2.24) is 30.2 Å². The largest absolute Gasteiger partial charge is 0.465 e. The number of rotatable bonds is 15. The van der Waals surface area contributed by atoms with Gasteiger partial charge in [0.25, 0.3) is 0 Å². The van der Waals surface area contributed by atoms with Crippen molar-refractivity contribution in [2.75, 3.05) is 88.7 Å². The SMILES string of the molecule is COC(=O)c1sc(C(C)(C)C)cc1NC(=O)Nc1ccc(C)s1.COC(=O)c1sc(C(C)(C)C)cc1NC(=O)Nc1cccs1.COC(=O)c1sc(C(C)(C)C)cc1NC(=O)Nc1ccn(C)n1.COC(=O)c1sc(C(C)(C)C)cc1NC(=O)Nc1nnc(C(C)(C)C)s1.COC(=O)c1sc(C(C)(C)C)cc1NC(=O)Nc1nnc(C(F)(F)F)s1. The van der Waals surface area contributed by atoms with E-state index in [0.717, 1.165) is 55.6 Å². The Labute approximate surface area is 728 Å². The van der Waals surface area contributed by atoms with Crippen LogP contribution in [0.5, 0.6) is 0 Å². The minimum Gasteiger partial charge on any atom is -0.465 e. The van der Waals surface area contributed by atoms with Crippen molar-refractivity contribution in [3.8, 4) is 0 Å². The molecule has 0 saturated carbocycles. The molecule has 0 saturated heterocycles. The Hall–Kier alpha value is -10.3. The van der Waals surface area contributed by atoms with Gasteiger partial charge in [-0.15, -0.1) is 99.8 Å². The summed E-state index contributed by atoms with van der Waals surface area (Å²) in [5, 5.41) is 47.7. The van der Waals surface area contributed by atoms with Crippen LogP contribution in [-0.2, 0) is 69.4 Å². The van der Waals surface area contributed by atoms with Gasteiger partial charge in [-0.2, -0.15) is 18.3 Å². The molecule has 120 heavy (non-hydrogen) atoms. The number of thiophene rings is 7. The van der Waals surface area contributed by atoms with E-state index in [2.05, 4.69) is 120 Å². The Bertz CT molecular complexity index is 4990. The minimum absolute atomic E-state index is 0.113. The molecule has 10 N–H and O–H groups in total. The summed E-state index contributed by atoms with van der Waals surface area (Å²) in [6.45, 7) is 38.4. The second-order valence-corrected chi connectivity index (χ2v) is 41.2. The van der Waals surface area contributed by atoms with Gasteiger partial charge >= 0.3 is 66.2 Å². The topological polar surface area (TPSA) is 407 Å². The number of nitrogens with one attached hydrogen (secondary N) is 10. The number of carbonyl (C=O) groups is 10. The molecule has 650 valence electrons. The number of nitrogens with zero attached hydrogens (tertiary/aromatic N) is 6. The van der Waals surface area contributed by atoms with Gasteiger partial charge in [-0.25, -0.2) is 47.9 Å². The van der Waals surface area contributed by atoms with Crippen molar-refractivity contribution in [2.45, 2.75) is 170 Å². The van der Waals surface area contributed by atoms with Crippen molar-refractivity contribution >= 4 is 217 Å². The number of anilines is 10. The van der Waals surface area contributed by atoms with Gasteiger partial charge in [0.05, 0.1) is 74.0 Å². The van der Waals surface area contributed by atoms with Crippen LogP contribution >= 0.6 is 102 Å². The fraction of sp³-hybridized carbons (Fsp3) is 0.416. The lowest BCUT2D eigenvalue weighted by Crippen LogP contribution is -2.20. The van der Waals surface area contributed by atoms with E-state index >= 15 is 0 Å². The number of esters is 5. The first-order valence-electron chi connectivity index (χ1n) is 35.9. The summed E-state index contributed by atoms with van der Waals surface area (Å²) in [6, 6.07) is 15.4. The maximum atomic E-state index is 12.5. The second kappa shape index (κ2) is 41.3. The number of methoxy groups -OCH3 is 5. The maximum Gasteiger partial charge on any atom is 0.445 e. The van der Waals surface area contributed by atoms with Gasteiger partial charge < -0.3 is 50.3 Å². The van der Waals surface area contributed by atoms with Crippen molar-refractivity contribution in [1.29, 1.82) is 0 Å². The average Bonchev–Trinajstić information content (AvgIpc) is 1.68. The zero-order chi connectivity index (χ0) is 90.1. The number of aromatic nitrogens is 6. The highest BCUT2D eigenvalue weighted by Crippen LogP contribution is 2.42. The Morgan fingerprint density at radius 3 is 0.892 bits per heavy atom. The van der Waals surface area contributed by atoms with E-state index in [4.69, 9.17) is 23.7 Å². The lowest BCUT2D eigenvalue weighted by Gasteiger charge is -2.15. The van der Waals surface area contributed by atoms with Gasteiger partial charge in [-0.1, -0.05) is 147 Å². The molecule has 0 aliphatic rings. The van der Waals surface area contributed by atoms with E-state index in [1.165, 1.54) is 115 Å². The van der Waals surface area contributed by atoms with Gasteiger partial charge in [-0.05, 0) is 94.0 Å². The van der Waals surface area contributed by atoms with Crippen LogP contribution in [0, 0.1) is 6.92 Å². The molecule has 0 aliphatic carbocycles. The van der Waals surface area contributed by atoms with Crippen LogP contribution in [0.3, 0.4) is 0 Å². The van der Waals surface area contributed by atoms with E-state index < -0.39 is 59.1 Å². The van der Waals surface area contributed by atoms with Crippen molar-refractivity contribution < 1.29 is 84.8 Å². The molecule has 0 bridgehead atoms. The number of alkyl halides is 3. The van der Waals surface area contributed by atoms with Crippen LogP contribution in [0.15, 0.2) is 72.2 Å². The molecule has 43 heteroatoms. The first kappa shape index (κ1) is 98.5. The number of amides is 10. The zero-order valence-corrected chi connectivity index (χ0v) is 77.9. The lowest BCUT2D eigenvalue weighted by molar-refractivity contribution is -0.138. The fourth-order valence-electron chi connectivity index (χ4n) is 9.09.